The Morgan fingerprint density at radius 1 is 1.06 bits per heavy atom. The average Bonchev–Trinajstić information content (AvgIpc) is 3.86. The van der Waals surface area contributed by atoms with E-state index in [1.807, 2.05) is 24.0 Å². The molecule has 4 aromatic rings. The molecule has 11 heteroatoms. The minimum Gasteiger partial charge on any atom is -0.478 e. The molecule has 3 fully saturated rings. The highest BCUT2D eigenvalue weighted by Gasteiger charge is 2.46. The lowest BCUT2D eigenvalue weighted by Crippen LogP contribution is -2.50. The zero-order valence-electron chi connectivity index (χ0n) is 27.5. The van der Waals surface area contributed by atoms with Crippen molar-refractivity contribution >= 4 is 40.2 Å². The SMILES string of the molecule is CC1(c2ccc(Cl)cc2F)CN(C(=O)C2CC2)c2cccc(C3CCN(CCc4nc5ccc(C(=O)O)cc5n4C[C@@H]4CCO4)CC3)c2O1. The number of halogens is 2. The summed E-state index contributed by atoms with van der Waals surface area (Å²) >= 11 is 6.10. The second kappa shape index (κ2) is 12.7. The van der Waals surface area contributed by atoms with Gasteiger partial charge in [-0.2, -0.15) is 0 Å². The highest BCUT2D eigenvalue weighted by atomic mass is 35.5. The molecule has 3 aromatic carbocycles. The maximum absolute atomic E-state index is 15.4. The summed E-state index contributed by atoms with van der Waals surface area (Å²) in [6.07, 6.45) is 5.42. The van der Waals surface area contributed by atoms with Gasteiger partial charge in [0.05, 0.1) is 41.5 Å². The van der Waals surface area contributed by atoms with Crippen LogP contribution in [0.15, 0.2) is 54.6 Å². The number of aromatic carboxylic acids is 1. The number of ether oxygens (including phenoxy) is 2. The summed E-state index contributed by atoms with van der Waals surface area (Å²) in [5.41, 5.74) is 3.01. The van der Waals surface area contributed by atoms with Crippen LogP contribution in [0, 0.1) is 11.7 Å². The monoisotopic (exact) mass is 686 g/mol. The number of benzene rings is 3. The molecule has 1 amide bonds. The number of carbonyl (C=O) groups excluding carboxylic acids is 1. The minimum absolute atomic E-state index is 0.00538. The van der Waals surface area contributed by atoms with E-state index in [1.165, 1.54) is 6.07 Å². The van der Waals surface area contributed by atoms with Crippen LogP contribution in [0.1, 0.15) is 72.3 Å². The highest BCUT2D eigenvalue weighted by molar-refractivity contribution is 6.30. The average molecular weight is 687 g/mol. The fourth-order valence-electron chi connectivity index (χ4n) is 7.70. The van der Waals surface area contributed by atoms with Gasteiger partial charge in [0.1, 0.15) is 17.4 Å². The third-order valence-electron chi connectivity index (χ3n) is 10.7. The highest BCUT2D eigenvalue weighted by Crippen LogP contribution is 2.49. The summed E-state index contributed by atoms with van der Waals surface area (Å²) in [4.78, 5) is 34.5. The Bertz CT molecular complexity index is 1930. The molecule has 1 N–H and O–H groups in total. The quantitative estimate of drug-likeness (QED) is 0.207. The number of aromatic nitrogens is 2. The van der Waals surface area contributed by atoms with Gasteiger partial charge in [0.25, 0.3) is 0 Å². The molecule has 0 spiro atoms. The zero-order chi connectivity index (χ0) is 33.9. The van der Waals surface area contributed by atoms with E-state index in [4.69, 9.17) is 26.1 Å². The molecule has 2 atom stereocenters. The van der Waals surface area contributed by atoms with Gasteiger partial charge in [0.15, 0.2) is 5.60 Å². The number of carboxylic acid groups (broad SMARTS) is 1. The summed E-state index contributed by atoms with van der Waals surface area (Å²) < 4.78 is 30.0. The first kappa shape index (κ1) is 32.2. The van der Waals surface area contributed by atoms with E-state index in [2.05, 4.69) is 15.5 Å². The summed E-state index contributed by atoms with van der Waals surface area (Å²) in [5.74, 6) is 0.515. The normalized spacial score (nSPS) is 22.8. The Hall–Kier alpha value is -3.99. The number of piperidine rings is 1. The van der Waals surface area contributed by atoms with E-state index in [9.17, 15) is 14.7 Å². The van der Waals surface area contributed by atoms with Gasteiger partial charge in [-0.25, -0.2) is 14.2 Å². The third-order valence-corrected chi connectivity index (χ3v) is 11.0. The van der Waals surface area contributed by atoms with Crippen molar-refractivity contribution < 1.29 is 28.6 Å². The van der Waals surface area contributed by atoms with Crippen LogP contribution in [0.2, 0.25) is 5.02 Å². The number of fused-ring (bicyclic) bond motifs is 2. The van der Waals surface area contributed by atoms with Crippen molar-refractivity contribution in [1.82, 2.24) is 14.5 Å². The minimum atomic E-state index is -1.08. The number of hydrogen-bond donors (Lipinski definition) is 1. The number of hydrogen-bond acceptors (Lipinski definition) is 6. The Labute approximate surface area is 289 Å². The standard InChI is InChI=1S/C38H40ClFN4O5/c1-38(29-9-8-26(39)20-30(29)40)22-44(36(45)24-5-6-24)32-4-2-3-28(35(32)49-38)23-11-15-42(16-12-23)17-13-34-41-31-10-7-25(37(46)47)19-33(31)43(34)21-27-14-18-48-27/h2-4,7-10,19-20,23-24,27H,5-6,11-18,21-22H2,1H3,(H,46,47)/t27-,38?/m0/s1. The maximum Gasteiger partial charge on any atom is 0.335 e. The number of anilines is 1. The molecular formula is C38H40ClFN4O5. The number of imidazole rings is 1. The van der Waals surface area contributed by atoms with Gasteiger partial charge in [0, 0.05) is 36.1 Å². The number of rotatable bonds is 9. The molecule has 49 heavy (non-hydrogen) atoms. The van der Waals surface area contributed by atoms with Crippen molar-refractivity contribution in [3.05, 3.63) is 88.0 Å². The molecule has 1 aliphatic carbocycles. The number of para-hydroxylation sites is 1. The lowest BCUT2D eigenvalue weighted by Gasteiger charge is -2.44. The predicted molar refractivity (Wildman–Crippen MR) is 184 cm³/mol. The number of likely N-dealkylation sites (tertiary alicyclic amines) is 1. The number of carboxylic acids is 1. The molecule has 1 unspecified atom stereocenters. The molecule has 4 heterocycles. The largest absolute Gasteiger partial charge is 0.478 e. The van der Waals surface area contributed by atoms with E-state index in [0.717, 1.165) is 92.9 Å². The van der Waals surface area contributed by atoms with Crippen LogP contribution in [-0.4, -0.2) is 70.3 Å². The third kappa shape index (κ3) is 6.19. The molecule has 4 aliphatic rings. The molecule has 2 saturated heterocycles. The van der Waals surface area contributed by atoms with Crippen LogP contribution in [0.5, 0.6) is 5.75 Å². The van der Waals surface area contributed by atoms with Gasteiger partial charge in [-0.15, -0.1) is 0 Å². The van der Waals surface area contributed by atoms with Gasteiger partial charge in [-0.05, 0) is 100.0 Å². The molecule has 0 radical (unpaired) electrons. The van der Waals surface area contributed by atoms with Gasteiger partial charge in [0.2, 0.25) is 5.91 Å². The van der Waals surface area contributed by atoms with Crippen molar-refractivity contribution in [2.45, 2.75) is 69.6 Å². The van der Waals surface area contributed by atoms with Crippen LogP contribution in [-0.2, 0) is 28.1 Å². The Kier molecular flexibility index (Phi) is 8.36. The lowest BCUT2D eigenvalue weighted by atomic mass is 9.86. The van der Waals surface area contributed by atoms with E-state index < -0.39 is 17.4 Å². The fourth-order valence-corrected chi connectivity index (χ4v) is 7.85. The zero-order valence-corrected chi connectivity index (χ0v) is 28.3. The molecule has 8 rings (SSSR count). The number of nitrogens with zero attached hydrogens (tertiary/aromatic N) is 4. The first-order valence-corrected chi connectivity index (χ1v) is 17.7. The summed E-state index contributed by atoms with van der Waals surface area (Å²) in [7, 11) is 0. The van der Waals surface area contributed by atoms with Gasteiger partial charge < -0.3 is 28.9 Å². The Morgan fingerprint density at radius 3 is 2.55 bits per heavy atom. The van der Waals surface area contributed by atoms with Crippen LogP contribution in [0.3, 0.4) is 0 Å². The smallest absolute Gasteiger partial charge is 0.335 e. The summed E-state index contributed by atoms with van der Waals surface area (Å²) in [6.45, 7) is 6.11. The van der Waals surface area contributed by atoms with Gasteiger partial charge >= 0.3 is 5.97 Å². The van der Waals surface area contributed by atoms with Crippen LogP contribution < -0.4 is 9.64 Å². The second-order valence-corrected chi connectivity index (χ2v) is 14.6. The summed E-state index contributed by atoms with van der Waals surface area (Å²) in [5, 5.41) is 9.89. The van der Waals surface area contributed by atoms with Crippen molar-refractivity contribution in [2.24, 2.45) is 5.92 Å². The second-order valence-electron chi connectivity index (χ2n) is 14.1. The van der Waals surface area contributed by atoms with E-state index in [0.29, 0.717) is 22.9 Å². The van der Waals surface area contributed by atoms with E-state index >= 15 is 4.39 Å². The number of amides is 1. The Balaban J connectivity index is 1.01. The molecular weight excluding hydrogens is 647 g/mol. The van der Waals surface area contributed by atoms with Gasteiger partial charge in [-0.3, -0.25) is 4.79 Å². The van der Waals surface area contributed by atoms with Crippen LogP contribution in [0.4, 0.5) is 10.1 Å². The molecule has 0 bridgehead atoms. The lowest BCUT2D eigenvalue weighted by molar-refractivity contribution is -0.120. The van der Waals surface area contributed by atoms with Crippen LogP contribution >= 0.6 is 11.6 Å². The molecule has 9 nitrogen and oxygen atoms in total. The number of carbonyl (C=O) groups is 2. The topological polar surface area (TPSA) is 97.1 Å². The molecule has 1 aromatic heterocycles. The first-order chi connectivity index (χ1) is 23.7. The Morgan fingerprint density at radius 2 is 1.86 bits per heavy atom. The van der Waals surface area contributed by atoms with Crippen molar-refractivity contribution in [1.29, 1.82) is 0 Å². The summed E-state index contributed by atoms with van der Waals surface area (Å²) in [6, 6.07) is 15.8. The molecule has 256 valence electrons. The van der Waals surface area contributed by atoms with Crippen molar-refractivity contribution in [2.75, 3.05) is 37.7 Å². The van der Waals surface area contributed by atoms with Gasteiger partial charge in [-0.1, -0.05) is 29.8 Å². The first-order valence-electron chi connectivity index (χ1n) is 17.3. The molecule has 3 aliphatic heterocycles. The van der Waals surface area contributed by atoms with E-state index in [-0.39, 0.29) is 36.0 Å². The maximum atomic E-state index is 15.4. The van der Waals surface area contributed by atoms with Crippen molar-refractivity contribution in [3.8, 4) is 5.75 Å². The fraction of sp³-hybridized carbons (Fsp3) is 0.447. The molecule has 1 saturated carbocycles. The van der Waals surface area contributed by atoms with E-state index in [1.54, 1.807) is 30.3 Å². The van der Waals surface area contributed by atoms with Crippen LogP contribution in [0.25, 0.3) is 11.0 Å². The predicted octanol–water partition coefficient (Wildman–Crippen LogP) is 6.79. The van der Waals surface area contributed by atoms with Crippen molar-refractivity contribution in [3.63, 3.8) is 0 Å².